The van der Waals surface area contributed by atoms with Gasteiger partial charge in [-0.15, -0.1) is 0 Å². The third-order valence-corrected chi connectivity index (χ3v) is 8.38. The number of hydrogen-bond donors (Lipinski definition) is 0. The second-order valence-corrected chi connectivity index (χ2v) is 12.0. The number of halogens is 10. The van der Waals surface area contributed by atoms with Gasteiger partial charge in [0.05, 0.1) is 20.8 Å². The van der Waals surface area contributed by atoms with Gasteiger partial charge in [0.2, 0.25) is 0 Å². The predicted octanol–water partition coefficient (Wildman–Crippen LogP) is 9.13. The zero-order valence-corrected chi connectivity index (χ0v) is 23.0. The van der Waals surface area contributed by atoms with E-state index in [1.165, 1.54) is 6.92 Å². The molecule has 2 rings (SSSR count). The van der Waals surface area contributed by atoms with Crippen molar-refractivity contribution in [2.45, 2.75) is 31.6 Å². The first-order chi connectivity index (χ1) is 17.7. The molecule has 0 aliphatic rings. The molecule has 0 aliphatic heterocycles. The zero-order chi connectivity index (χ0) is 29.9. The monoisotopic (exact) mass is 638 g/mol. The third kappa shape index (κ3) is 9.51. The average Bonchev–Trinajstić information content (AvgIpc) is 2.76. The van der Waals surface area contributed by atoms with E-state index in [0.717, 1.165) is 36.4 Å². The van der Waals surface area contributed by atoms with E-state index in [2.05, 4.69) is 6.58 Å². The first-order valence-electron chi connectivity index (χ1n) is 10.9. The Morgan fingerprint density at radius 1 is 1.03 bits per heavy atom. The van der Waals surface area contributed by atoms with Crippen molar-refractivity contribution in [1.82, 2.24) is 0 Å². The minimum absolute atomic E-state index is 0.0209. The van der Waals surface area contributed by atoms with Crippen molar-refractivity contribution in [3.8, 4) is 0 Å². The van der Waals surface area contributed by atoms with Crippen molar-refractivity contribution in [3.05, 3.63) is 80.3 Å². The molecule has 0 saturated carbocycles. The molecule has 0 aromatic heterocycles. The fourth-order valence-electron chi connectivity index (χ4n) is 3.74. The smallest absolute Gasteiger partial charge is 0.294 e. The molecule has 0 aliphatic carbocycles. The van der Waals surface area contributed by atoms with E-state index in [4.69, 9.17) is 34.8 Å². The standard InChI is InChI=1S/C25H20Cl3F7O3S/c1-3-14-7-15(4-5-17(14)22(36)6-13(2)11-39(37,38)12-24(30,31)32)21(29)10-18(25(33,34)35)16-8-19(26)23(28)20(27)9-16/h3-5,7-10,13,18H,1,6,11-12H2,2H3/b21-10-/t13-,18?/m0/s1. The second kappa shape index (κ2) is 12.6. The lowest BCUT2D eigenvalue weighted by atomic mass is 9.93. The van der Waals surface area contributed by atoms with Crippen LogP contribution in [0.15, 0.2) is 43.0 Å². The highest BCUT2D eigenvalue weighted by Gasteiger charge is 2.40. The number of Topliss-reactive ketones (excluding diaryl/α,β-unsaturated/α-hetero) is 1. The van der Waals surface area contributed by atoms with E-state index >= 15 is 4.39 Å². The second-order valence-electron chi connectivity index (χ2n) is 8.74. The van der Waals surface area contributed by atoms with Gasteiger partial charge in [-0.1, -0.05) is 66.5 Å². The zero-order valence-electron chi connectivity index (χ0n) is 19.9. The molecule has 2 atom stereocenters. The largest absolute Gasteiger partial charge is 0.402 e. The number of benzene rings is 2. The molecule has 0 amide bonds. The number of alkyl halides is 6. The molecule has 1 unspecified atom stereocenters. The number of sulfone groups is 1. The first kappa shape index (κ1) is 33.1. The molecule has 0 bridgehead atoms. The summed E-state index contributed by atoms with van der Waals surface area (Å²) in [7, 11) is -4.52. The van der Waals surface area contributed by atoms with Crippen LogP contribution in [0.25, 0.3) is 11.9 Å². The van der Waals surface area contributed by atoms with Gasteiger partial charge in [-0.3, -0.25) is 4.79 Å². The summed E-state index contributed by atoms with van der Waals surface area (Å²) in [6, 6.07) is 5.02. The minimum atomic E-state index is -4.95. The Kier molecular flexibility index (Phi) is 10.7. The summed E-state index contributed by atoms with van der Waals surface area (Å²) in [6.07, 6.45) is -8.90. The number of ketones is 1. The van der Waals surface area contributed by atoms with Gasteiger partial charge in [0.1, 0.15) is 17.5 Å². The Morgan fingerprint density at radius 2 is 1.59 bits per heavy atom. The molecule has 0 spiro atoms. The van der Waals surface area contributed by atoms with Gasteiger partial charge >= 0.3 is 12.4 Å². The minimum Gasteiger partial charge on any atom is -0.294 e. The van der Waals surface area contributed by atoms with Crippen LogP contribution in [-0.4, -0.2) is 38.1 Å². The van der Waals surface area contributed by atoms with Crippen LogP contribution in [0.2, 0.25) is 15.1 Å². The molecule has 0 fully saturated rings. The number of allylic oxidation sites excluding steroid dienone is 1. The Labute approximate surface area is 235 Å². The Morgan fingerprint density at radius 3 is 2.08 bits per heavy atom. The fourth-order valence-corrected chi connectivity index (χ4v) is 5.95. The maximum atomic E-state index is 15.1. The predicted molar refractivity (Wildman–Crippen MR) is 139 cm³/mol. The summed E-state index contributed by atoms with van der Waals surface area (Å²) in [5.41, 5.74) is -0.845. The maximum absolute atomic E-state index is 15.1. The van der Waals surface area contributed by atoms with E-state index in [1.54, 1.807) is 0 Å². The Balaban J connectivity index is 2.35. The van der Waals surface area contributed by atoms with Crippen molar-refractivity contribution >= 4 is 62.3 Å². The van der Waals surface area contributed by atoms with Crippen molar-refractivity contribution in [2.24, 2.45) is 5.92 Å². The lowest BCUT2D eigenvalue weighted by molar-refractivity contribution is -0.139. The van der Waals surface area contributed by atoms with E-state index in [-0.39, 0.29) is 31.8 Å². The van der Waals surface area contributed by atoms with Crippen LogP contribution in [0.5, 0.6) is 0 Å². The van der Waals surface area contributed by atoms with Crippen LogP contribution in [0.1, 0.15) is 46.3 Å². The molecule has 0 N–H and O–H groups in total. The number of carbonyl (C=O) groups excluding carboxylic acids is 1. The summed E-state index contributed by atoms with van der Waals surface area (Å²) in [5.74, 6) is -8.33. The highest BCUT2D eigenvalue weighted by Crippen LogP contribution is 2.42. The Bertz CT molecular complexity index is 1360. The molecule has 2 aromatic carbocycles. The van der Waals surface area contributed by atoms with Crippen molar-refractivity contribution in [3.63, 3.8) is 0 Å². The summed E-state index contributed by atoms with van der Waals surface area (Å²) >= 11 is 17.4. The SMILES string of the molecule is C=Cc1cc(/C(F)=C/C(c2cc(Cl)c(Cl)c(Cl)c2)C(F)(F)F)ccc1C(=O)C[C@H](C)CS(=O)(=O)CC(F)(F)F. The number of carbonyl (C=O) groups is 1. The molecule has 0 saturated heterocycles. The van der Waals surface area contributed by atoms with E-state index in [9.17, 15) is 39.6 Å². The van der Waals surface area contributed by atoms with Gasteiger partial charge in [0.15, 0.2) is 15.6 Å². The van der Waals surface area contributed by atoms with Gasteiger partial charge in [-0.25, -0.2) is 12.8 Å². The molecule has 2 aromatic rings. The summed E-state index contributed by atoms with van der Waals surface area (Å²) in [5, 5.41) is -0.699. The van der Waals surface area contributed by atoms with Gasteiger partial charge in [-0.2, -0.15) is 26.3 Å². The molecule has 214 valence electrons. The van der Waals surface area contributed by atoms with E-state index < -0.39 is 69.1 Å². The fraction of sp³-hybridized carbons (Fsp3) is 0.320. The highest BCUT2D eigenvalue weighted by atomic mass is 35.5. The van der Waals surface area contributed by atoms with E-state index in [1.807, 2.05) is 0 Å². The molecule has 14 heteroatoms. The normalized spacial score (nSPS) is 14.7. The molecule has 3 nitrogen and oxygen atoms in total. The third-order valence-electron chi connectivity index (χ3n) is 5.33. The first-order valence-corrected chi connectivity index (χ1v) is 13.8. The van der Waals surface area contributed by atoms with Crippen molar-refractivity contribution in [2.75, 3.05) is 11.5 Å². The lowest BCUT2D eigenvalue weighted by Gasteiger charge is -2.19. The maximum Gasteiger partial charge on any atom is 0.402 e. The van der Waals surface area contributed by atoms with Crippen molar-refractivity contribution < 1.29 is 43.9 Å². The topological polar surface area (TPSA) is 51.2 Å². The van der Waals surface area contributed by atoms with E-state index in [0.29, 0.717) is 6.08 Å². The van der Waals surface area contributed by atoms with Crippen LogP contribution >= 0.6 is 34.8 Å². The molecular formula is C25H20Cl3F7O3S. The average molecular weight is 640 g/mol. The molecular weight excluding hydrogens is 620 g/mol. The quantitative estimate of drug-likeness (QED) is 0.148. The van der Waals surface area contributed by atoms with Crippen LogP contribution in [0, 0.1) is 5.92 Å². The Hall–Kier alpha value is -2.08. The molecule has 0 radical (unpaired) electrons. The highest BCUT2D eigenvalue weighted by molar-refractivity contribution is 7.91. The van der Waals surface area contributed by atoms with Crippen LogP contribution in [0.3, 0.4) is 0 Å². The van der Waals surface area contributed by atoms with Crippen molar-refractivity contribution in [1.29, 1.82) is 0 Å². The van der Waals surface area contributed by atoms with Gasteiger partial charge in [0.25, 0.3) is 0 Å². The number of hydrogen-bond acceptors (Lipinski definition) is 3. The van der Waals surface area contributed by atoms with Gasteiger partial charge in [-0.05, 0) is 41.3 Å². The van der Waals surface area contributed by atoms with Crippen LogP contribution < -0.4 is 0 Å². The van der Waals surface area contributed by atoms with Crippen LogP contribution in [0.4, 0.5) is 30.7 Å². The molecule has 39 heavy (non-hydrogen) atoms. The summed E-state index contributed by atoms with van der Waals surface area (Å²) in [6.45, 7) is 4.77. The lowest BCUT2D eigenvalue weighted by Crippen LogP contribution is -2.28. The summed E-state index contributed by atoms with van der Waals surface area (Å²) in [4.78, 5) is 12.7. The summed E-state index contributed by atoms with van der Waals surface area (Å²) < 4.78 is 117. The van der Waals surface area contributed by atoms with Gasteiger partial charge in [0, 0.05) is 17.5 Å². The number of rotatable bonds is 10. The van der Waals surface area contributed by atoms with Gasteiger partial charge < -0.3 is 0 Å². The van der Waals surface area contributed by atoms with Crippen LogP contribution in [-0.2, 0) is 9.84 Å². The molecule has 0 heterocycles.